The van der Waals surface area contributed by atoms with Crippen LogP contribution < -0.4 is 5.32 Å². The maximum atomic E-state index is 12.9. The molecule has 1 fully saturated rings. The van der Waals surface area contributed by atoms with Crippen molar-refractivity contribution in [2.75, 3.05) is 18.4 Å². The summed E-state index contributed by atoms with van der Waals surface area (Å²) in [6.45, 7) is 1.11. The number of hydrazine groups is 1. The van der Waals surface area contributed by atoms with E-state index in [1.54, 1.807) is 10.0 Å². The Morgan fingerprint density at radius 2 is 1.40 bits per heavy atom. The highest BCUT2D eigenvalue weighted by Gasteiger charge is 2.33. The highest BCUT2D eigenvalue weighted by atomic mass is 16.2. The fourth-order valence-electron chi connectivity index (χ4n) is 4.37. The molecule has 1 aliphatic heterocycles. The molecule has 2 aromatic rings. The smallest absolute Gasteiger partial charge is 0.241 e. The summed E-state index contributed by atoms with van der Waals surface area (Å²) in [4.78, 5) is 37.7. The van der Waals surface area contributed by atoms with Gasteiger partial charge < -0.3 is 5.32 Å². The molecule has 0 unspecified atom stereocenters. The lowest BCUT2D eigenvalue weighted by Crippen LogP contribution is -2.45. The third kappa shape index (κ3) is 4.70. The van der Waals surface area contributed by atoms with Crippen LogP contribution in [0.25, 0.3) is 0 Å². The van der Waals surface area contributed by atoms with Crippen molar-refractivity contribution in [1.29, 1.82) is 0 Å². The van der Waals surface area contributed by atoms with Crippen molar-refractivity contribution in [3.05, 3.63) is 65.7 Å². The molecule has 6 nitrogen and oxygen atoms in total. The number of rotatable bonds is 6. The lowest BCUT2D eigenvalue weighted by atomic mass is 10.0. The Bertz CT molecular complexity index is 903. The average molecular weight is 405 g/mol. The first kappa shape index (κ1) is 20.1. The van der Waals surface area contributed by atoms with E-state index in [1.165, 1.54) is 11.1 Å². The van der Waals surface area contributed by atoms with E-state index < -0.39 is 0 Å². The van der Waals surface area contributed by atoms with Gasteiger partial charge in [-0.15, -0.1) is 0 Å². The van der Waals surface area contributed by atoms with Crippen molar-refractivity contribution >= 4 is 23.4 Å². The summed E-state index contributed by atoms with van der Waals surface area (Å²) in [5.74, 6) is -0.0643. The number of amides is 3. The molecule has 4 rings (SSSR count). The van der Waals surface area contributed by atoms with E-state index in [0.717, 1.165) is 19.3 Å². The van der Waals surface area contributed by atoms with Crippen LogP contribution in [0.3, 0.4) is 0 Å². The minimum Gasteiger partial charge on any atom is -0.326 e. The molecule has 0 spiro atoms. The number of anilines is 1. The van der Waals surface area contributed by atoms with Crippen LogP contribution in [0.4, 0.5) is 5.69 Å². The fraction of sp³-hybridized carbons (Fsp3) is 0.375. The molecule has 1 heterocycles. The molecule has 3 amide bonds. The highest BCUT2D eigenvalue weighted by molar-refractivity contribution is 5.93. The van der Waals surface area contributed by atoms with Crippen LogP contribution >= 0.6 is 0 Å². The summed E-state index contributed by atoms with van der Waals surface area (Å²) >= 11 is 0. The first-order chi connectivity index (χ1) is 14.6. The number of hydrogen-bond donors (Lipinski definition) is 1. The second-order valence-corrected chi connectivity index (χ2v) is 8.05. The molecule has 0 bridgehead atoms. The maximum absolute atomic E-state index is 12.9. The van der Waals surface area contributed by atoms with Crippen molar-refractivity contribution in [2.45, 2.75) is 38.5 Å². The van der Waals surface area contributed by atoms with Gasteiger partial charge in [0.15, 0.2) is 0 Å². The van der Waals surface area contributed by atoms with Crippen LogP contribution in [0.5, 0.6) is 0 Å². The van der Waals surface area contributed by atoms with Crippen LogP contribution in [-0.2, 0) is 27.2 Å². The van der Waals surface area contributed by atoms with Gasteiger partial charge in [-0.05, 0) is 48.4 Å². The van der Waals surface area contributed by atoms with Crippen molar-refractivity contribution in [1.82, 2.24) is 10.0 Å². The van der Waals surface area contributed by atoms with E-state index in [1.807, 2.05) is 42.5 Å². The molecule has 2 aliphatic rings. The molecule has 0 aromatic heterocycles. The largest absolute Gasteiger partial charge is 0.326 e. The fourth-order valence-corrected chi connectivity index (χ4v) is 4.37. The molecule has 30 heavy (non-hydrogen) atoms. The molecular formula is C24H27N3O3. The molecule has 1 N–H and O–H groups in total. The Morgan fingerprint density at radius 1 is 0.800 bits per heavy atom. The van der Waals surface area contributed by atoms with Gasteiger partial charge in [0.2, 0.25) is 17.7 Å². The molecule has 0 atom stereocenters. The number of hydrogen-bond acceptors (Lipinski definition) is 3. The Hall–Kier alpha value is -3.15. The first-order valence-corrected chi connectivity index (χ1v) is 10.6. The lowest BCUT2D eigenvalue weighted by molar-refractivity contribution is -0.158. The maximum Gasteiger partial charge on any atom is 0.241 e. The lowest BCUT2D eigenvalue weighted by Gasteiger charge is -2.28. The predicted molar refractivity (Wildman–Crippen MR) is 114 cm³/mol. The Balaban J connectivity index is 1.27. The summed E-state index contributed by atoms with van der Waals surface area (Å²) < 4.78 is 0. The van der Waals surface area contributed by atoms with E-state index >= 15 is 0 Å². The highest BCUT2D eigenvalue weighted by Crippen LogP contribution is 2.29. The van der Waals surface area contributed by atoms with Crippen LogP contribution in [-0.4, -0.2) is 40.8 Å². The number of para-hydroxylation sites is 1. The molecule has 0 saturated carbocycles. The minimum atomic E-state index is -0.199. The van der Waals surface area contributed by atoms with Crippen LogP contribution in [0.2, 0.25) is 0 Å². The zero-order valence-electron chi connectivity index (χ0n) is 17.0. The summed E-state index contributed by atoms with van der Waals surface area (Å²) in [7, 11) is 0. The van der Waals surface area contributed by atoms with Crippen LogP contribution in [0, 0.1) is 5.92 Å². The van der Waals surface area contributed by atoms with Crippen molar-refractivity contribution < 1.29 is 14.4 Å². The number of nitrogens with zero attached hydrogens (tertiary/aromatic N) is 2. The summed E-state index contributed by atoms with van der Waals surface area (Å²) in [6.07, 6.45) is 3.26. The third-order valence-electron chi connectivity index (χ3n) is 5.83. The number of carbonyl (C=O) groups excluding carboxylic acids is 3. The topological polar surface area (TPSA) is 69.7 Å². The Labute approximate surface area is 176 Å². The van der Waals surface area contributed by atoms with Gasteiger partial charge in [0.25, 0.3) is 0 Å². The van der Waals surface area contributed by atoms with Gasteiger partial charge in [-0.1, -0.05) is 42.5 Å². The monoisotopic (exact) mass is 405 g/mol. The number of carbonyl (C=O) groups is 3. The quantitative estimate of drug-likeness (QED) is 0.802. The van der Waals surface area contributed by atoms with E-state index in [9.17, 15) is 14.4 Å². The normalized spacial score (nSPS) is 15.9. The second kappa shape index (κ2) is 9.11. The molecule has 2 aromatic carbocycles. The molecular weight excluding hydrogens is 378 g/mol. The van der Waals surface area contributed by atoms with E-state index in [0.29, 0.717) is 31.1 Å². The van der Waals surface area contributed by atoms with Crippen molar-refractivity contribution in [3.63, 3.8) is 0 Å². The Kier molecular flexibility index (Phi) is 6.12. The van der Waals surface area contributed by atoms with Crippen LogP contribution in [0.15, 0.2) is 54.6 Å². The van der Waals surface area contributed by atoms with Gasteiger partial charge in [0.05, 0.1) is 0 Å². The predicted octanol–water partition coefficient (Wildman–Crippen LogP) is 3.19. The Morgan fingerprint density at radius 3 is 2.07 bits per heavy atom. The van der Waals surface area contributed by atoms with Gasteiger partial charge in [-0.2, -0.15) is 0 Å². The van der Waals surface area contributed by atoms with Crippen molar-refractivity contribution in [3.8, 4) is 0 Å². The van der Waals surface area contributed by atoms with Crippen molar-refractivity contribution in [2.24, 2.45) is 5.92 Å². The van der Waals surface area contributed by atoms with E-state index in [2.05, 4.69) is 17.4 Å². The zero-order chi connectivity index (χ0) is 20.9. The third-order valence-corrected chi connectivity index (χ3v) is 5.83. The SMILES string of the molecule is O=C(CCC(=O)N1CCCN1C(=O)CC1Cc2ccccc2C1)Nc1ccccc1. The number of nitrogens with one attached hydrogen (secondary N) is 1. The number of benzene rings is 2. The standard InChI is InChI=1S/C24H27N3O3/c28-22(25-21-9-2-1-3-10-21)11-12-23(29)26-13-6-14-27(26)24(30)17-18-15-19-7-4-5-8-20(19)16-18/h1-5,7-10,18H,6,11-17H2,(H,25,28). The molecule has 0 radical (unpaired) electrons. The average Bonchev–Trinajstić information content (AvgIpc) is 3.39. The first-order valence-electron chi connectivity index (χ1n) is 10.6. The van der Waals surface area contributed by atoms with Gasteiger partial charge in [-0.25, -0.2) is 0 Å². The van der Waals surface area contributed by atoms with Gasteiger partial charge >= 0.3 is 0 Å². The summed E-state index contributed by atoms with van der Waals surface area (Å²) in [5.41, 5.74) is 3.37. The molecule has 6 heteroatoms. The second-order valence-electron chi connectivity index (χ2n) is 8.05. The van der Waals surface area contributed by atoms with Gasteiger partial charge in [0, 0.05) is 38.0 Å². The molecule has 156 valence electrons. The number of fused-ring (bicyclic) bond motifs is 1. The van der Waals surface area contributed by atoms with Gasteiger partial charge in [-0.3, -0.25) is 24.4 Å². The van der Waals surface area contributed by atoms with E-state index in [4.69, 9.17) is 0 Å². The van der Waals surface area contributed by atoms with E-state index in [-0.39, 0.29) is 30.6 Å². The minimum absolute atomic E-state index is 0.00685. The summed E-state index contributed by atoms with van der Waals surface area (Å²) in [5, 5.41) is 5.93. The van der Waals surface area contributed by atoms with Crippen LogP contribution in [0.1, 0.15) is 36.8 Å². The molecule has 1 aliphatic carbocycles. The summed E-state index contributed by atoms with van der Waals surface area (Å²) in [6, 6.07) is 17.5. The zero-order valence-corrected chi connectivity index (χ0v) is 17.0. The molecule has 1 saturated heterocycles. The van der Waals surface area contributed by atoms with Gasteiger partial charge in [0.1, 0.15) is 0 Å².